The summed E-state index contributed by atoms with van der Waals surface area (Å²) in [7, 11) is -3.72. The normalized spacial score (nSPS) is 22.2. The van der Waals surface area contributed by atoms with Crippen molar-refractivity contribution in [3.8, 4) is 0 Å². The predicted molar refractivity (Wildman–Crippen MR) is 70.9 cm³/mol. The summed E-state index contributed by atoms with van der Waals surface area (Å²) in [5.74, 6) is -1.38. The van der Waals surface area contributed by atoms with Crippen LogP contribution in [0.4, 0.5) is 4.79 Å². The van der Waals surface area contributed by atoms with Crippen LogP contribution in [0.3, 0.4) is 0 Å². The minimum Gasteiger partial charge on any atom is -0.479 e. The SMILES string of the molecule is CS(=O)(=O)c1ncc2c(n1)C(C(=O)O)N(C(=O)O)C21CCC1. The number of hydrogen-bond donors (Lipinski definition) is 2. The molecule has 9 nitrogen and oxygen atoms in total. The number of carbonyl (C=O) groups is 2. The van der Waals surface area contributed by atoms with Gasteiger partial charge in [0.1, 0.15) is 0 Å². The Morgan fingerprint density at radius 2 is 2.00 bits per heavy atom. The van der Waals surface area contributed by atoms with Crippen LogP contribution >= 0.6 is 0 Å². The van der Waals surface area contributed by atoms with Gasteiger partial charge in [0.05, 0.1) is 11.2 Å². The summed E-state index contributed by atoms with van der Waals surface area (Å²) < 4.78 is 23.1. The summed E-state index contributed by atoms with van der Waals surface area (Å²) in [4.78, 5) is 31.6. The van der Waals surface area contributed by atoms with Crippen LogP contribution in [0, 0.1) is 0 Å². The molecule has 1 aromatic rings. The summed E-state index contributed by atoms with van der Waals surface area (Å²) in [6.45, 7) is 0. The van der Waals surface area contributed by atoms with Crippen LogP contribution in [0.25, 0.3) is 0 Å². The van der Waals surface area contributed by atoms with Crippen molar-refractivity contribution in [2.75, 3.05) is 6.26 Å². The number of rotatable bonds is 2. The molecular formula is C12H13N3O6S. The highest BCUT2D eigenvalue weighted by Gasteiger charge is 2.59. The minimum absolute atomic E-state index is 0.0509. The summed E-state index contributed by atoms with van der Waals surface area (Å²) in [5.41, 5.74) is -0.619. The van der Waals surface area contributed by atoms with Gasteiger partial charge >= 0.3 is 12.1 Å². The number of sulfone groups is 1. The fourth-order valence-corrected chi connectivity index (χ4v) is 3.67. The van der Waals surface area contributed by atoms with E-state index in [1.807, 2.05) is 0 Å². The first-order valence-corrected chi connectivity index (χ1v) is 8.40. The van der Waals surface area contributed by atoms with Gasteiger partial charge in [-0.25, -0.2) is 28.0 Å². The van der Waals surface area contributed by atoms with Crippen molar-refractivity contribution in [2.24, 2.45) is 0 Å². The Morgan fingerprint density at radius 3 is 2.41 bits per heavy atom. The maximum absolute atomic E-state index is 11.6. The monoisotopic (exact) mass is 327 g/mol. The Balaban J connectivity index is 2.26. The predicted octanol–water partition coefficient (Wildman–Crippen LogP) is 0.379. The number of aromatic nitrogens is 2. The van der Waals surface area contributed by atoms with Gasteiger partial charge in [-0.1, -0.05) is 0 Å². The van der Waals surface area contributed by atoms with Crippen LogP contribution < -0.4 is 0 Å². The third-order valence-corrected chi connectivity index (χ3v) is 5.09. The van der Waals surface area contributed by atoms with Crippen LogP contribution in [0.1, 0.15) is 36.6 Å². The van der Waals surface area contributed by atoms with E-state index in [1.54, 1.807) is 0 Å². The number of fused-ring (bicyclic) bond motifs is 2. The van der Waals surface area contributed by atoms with Crippen molar-refractivity contribution >= 4 is 21.9 Å². The lowest BCUT2D eigenvalue weighted by atomic mass is 9.73. The zero-order valence-electron chi connectivity index (χ0n) is 11.6. The molecule has 3 rings (SSSR count). The fraction of sp³-hybridized carbons (Fsp3) is 0.500. The first-order valence-electron chi connectivity index (χ1n) is 6.51. The first-order chi connectivity index (χ1) is 10.2. The van der Waals surface area contributed by atoms with Crippen LogP contribution in [0.2, 0.25) is 0 Å². The van der Waals surface area contributed by atoms with Crippen LogP contribution in [-0.4, -0.2) is 51.8 Å². The number of nitrogens with zero attached hydrogens (tertiary/aromatic N) is 3. The number of hydrogen-bond acceptors (Lipinski definition) is 6. The smallest absolute Gasteiger partial charge is 0.409 e. The Kier molecular flexibility index (Phi) is 2.93. The number of aliphatic carboxylic acids is 1. The van der Waals surface area contributed by atoms with Crippen molar-refractivity contribution in [3.05, 3.63) is 17.5 Å². The molecule has 1 spiro atoms. The molecule has 2 heterocycles. The molecule has 1 atom stereocenters. The van der Waals surface area contributed by atoms with E-state index in [2.05, 4.69) is 9.97 Å². The molecule has 1 amide bonds. The average Bonchev–Trinajstić information content (AvgIpc) is 2.67. The molecule has 1 aromatic heterocycles. The van der Waals surface area contributed by atoms with E-state index >= 15 is 0 Å². The summed E-state index contributed by atoms with van der Waals surface area (Å²) in [5, 5.41) is 18.3. The third-order valence-electron chi connectivity index (χ3n) is 4.23. The Bertz CT molecular complexity index is 786. The van der Waals surface area contributed by atoms with Gasteiger partial charge < -0.3 is 10.2 Å². The van der Waals surface area contributed by atoms with Crippen molar-refractivity contribution in [1.29, 1.82) is 0 Å². The molecule has 2 N–H and O–H groups in total. The Morgan fingerprint density at radius 1 is 1.36 bits per heavy atom. The Hall–Kier alpha value is -2.23. The lowest BCUT2D eigenvalue weighted by Crippen LogP contribution is -2.51. The first kappa shape index (κ1) is 14.7. The van der Waals surface area contributed by atoms with Gasteiger partial charge in [0.25, 0.3) is 0 Å². The fourth-order valence-electron chi connectivity index (χ4n) is 3.17. The quantitative estimate of drug-likeness (QED) is 0.743. The van der Waals surface area contributed by atoms with Gasteiger partial charge in [0.2, 0.25) is 15.0 Å². The molecule has 10 heteroatoms. The second kappa shape index (κ2) is 4.38. The highest BCUT2D eigenvalue weighted by molar-refractivity contribution is 7.90. The van der Waals surface area contributed by atoms with Crippen LogP contribution in [0.5, 0.6) is 0 Å². The molecule has 0 radical (unpaired) electrons. The summed E-state index contributed by atoms with van der Waals surface area (Å²) >= 11 is 0. The van der Waals surface area contributed by atoms with Crippen molar-refractivity contribution in [3.63, 3.8) is 0 Å². The van der Waals surface area contributed by atoms with Crippen LogP contribution in [0.15, 0.2) is 11.4 Å². The highest BCUT2D eigenvalue weighted by atomic mass is 32.2. The van der Waals surface area contributed by atoms with E-state index < -0.39 is 38.6 Å². The standard InChI is InChI=1S/C12H13N3O6S/c1-22(20,21)10-13-5-6-7(14-10)8(9(16)17)15(11(18)19)12(6)3-2-4-12/h5,8H,2-4H2,1H3,(H,16,17)(H,18,19). The summed E-state index contributed by atoms with van der Waals surface area (Å²) in [6.07, 6.45) is 2.48. The molecule has 22 heavy (non-hydrogen) atoms. The molecule has 1 saturated carbocycles. The number of carboxylic acid groups (broad SMARTS) is 2. The number of carboxylic acids is 1. The molecule has 0 aromatic carbocycles. The maximum atomic E-state index is 11.6. The largest absolute Gasteiger partial charge is 0.479 e. The van der Waals surface area contributed by atoms with Gasteiger partial charge in [-0.2, -0.15) is 0 Å². The maximum Gasteiger partial charge on any atom is 0.409 e. The highest BCUT2D eigenvalue weighted by Crippen LogP contribution is 2.56. The summed E-state index contributed by atoms with van der Waals surface area (Å²) in [6, 6.07) is -1.52. The lowest BCUT2D eigenvalue weighted by molar-refractivity contribution is -0.145. The molecule has 1 aliphatic carbocycles. The molecule has 0 bridgehead atoms. The molecule has 1 fully saturated rings. The van der Waals surface area contributed by atoms with E-state index in [4.69, 9.17) is 0 Å². The van der Waals surface area contributed by atoms with Gasteiger partial charge in [-0.05, 0) is 19.3 Å². The van der Waals surface area contributed by atoms with Gasteiger partial charge in [-0.3, -0.25) is 4.90 Å². The topological polar surface area (TPSA) is 138 Å². The molecule has 0 saturated heterocycles. The molecule has 118 valence electrons. The number of amides is 1. The Labute approximate surface area is 125 Å². The zero-order valence-corrected chi connectivity index (χ0v) is 12.4. The van der Waals surface area contributed by atoms with Crippen molar-refractivity contribution in [2.45, 2.75) is 36.0 Å². The zero-order chi connectivity index (χ0) is 16.3. The van der Waals surface area contributed by atoms with E-state index in [-0.39, 0.29) is 5.69 Å². The second-order valence-corrected chi connectivity index (χ2v) is 7.41. The van der Waals surface area contributed by atoms with Crippen molar-refractivity contribution < 1.29 is 28.2 Å². The van der Waals surface area contributed by atoms with Crippen LogP contribution in [-0.2, 0) is 20.2 Å². The van der Waals surface area contributed by atoms with E-state index in [1.165, 1.54) is 6.20 Å². The molecule has 1 aliphatic heterocycles. The van der Waals surface area contributed by atoms with Gasteiger partial charge in [0.15, 0.2) is 6.04 Å². The lowest BCUT2D eigenvalue weighted by Gasteiger charge is -2.45. The molecule has 1 unspecified atom stereocenters. The molecule has 2 aliphatic rings. The van der Waals surface area contributed by atoms with E-state index in [0.29, 0.717) is 18.4 Å². The third kappa shape index (κ3) is 1.79. The second-order valence-electron chi connectivity index (χ2n) is 5.50. The van der Waals surface area contributed by atoms with Gasteiger partial charge in [0, 0.05) is 18.0 Å². The minimum atomic E-state index is -3.72. The average molecular weight is 327 g/mol. The molecular weight excluding hydrogens is 314 g/mol. The van der Waals surface area contributed by atoms with E-state index in [0.717, 1.165) is 17.6 Å². The van der Waals surface area contributed by atoms with Crippen molar-refractivity contribution in [1.82, 2.24) is 14.9 Å². The van der Waals surface area contributed by atoms with Gasteiger partial charge in [-0.15, -0.1) is 0 Å². The van der Waals surface area contributed by atoms with E-state index in [9.17, 15) is 28.2 Å².